The van der Waals surface area contributed by atoms with Crippen molar-refractivity contribution < 1.29 is 23.0 Å². The van der Waals surface area contributed by atoms with Crippen molar-refractivity contribution in [2.75, 3.05) is 6.61 Å². The van der Waals surface area contributed by atoms with Crippen LogP contribution in [0.4, 0.5) is 13.2 Å². The summed E-state index contributed by atoms with van der Waals surface area (Å²) in [5, 5.41) is 9.36. The Bertz CT molecular complexity index is 404. The van der Waals surface area contributed by atoms with Crippen molar-refractivity contribution in [2.24, 2.45) is 0 Å². The molecule has 0 radical (unpaired) electrons. The Balaban J connectivity index is 2.59. The lowest BCUT2D eigenvalue weighted by molar-refractivity contribution is -0.0730. The number of halogens is 3. The number of phenols is 1. The van der Waals surface area contributed by atoms with E-state index in [0.29, 0.717) is 0 Å². The van der Waals surface area contributed by atoms with E-state index in [1.54, 1.807) is 0 Å². The first-order valence-electron chi connectivity index (χ1n) is 4.45. The van der Waals surface area contributed by atoms with Gasteiger partial charge in [-0.05, 0) is 12.1 Å². The fraction of sp³-hybridized carbons (Fsp3) is 0.400. The summed E-state index contributed by atoms with van der Waals surface area (Å²) in [6, 6.07) is 2.24. The Hall–Kier alpha value is -1.39. The molecule has 0 aliphatic carbocycles. The molecule has 1 unspecified atom stereocenters. The van der Waals surface area contributed by atoms with Crippen molar-refractivity contribution in [3.05, 3.63) is 23.5 Å². The molecule has 0 saturated carbocycles. The van der Waals surface area contributed by atoms with Gasteiger partial charge in [0.15, 0.2) is 18.2 Å². The van der Waals surface area contributed by atoms with E-state index >= 15 is 0 Å². The molecule has 2 rings (SSSR count). The van der Waals surface area contributed by atoms with Crippen LogP contribution in [-0.4, -0.2) is 17.6 Å². The summed E-state index contributed by atoms with van der Waals surface area (Å²) in [7, 11) is 0. The van der Waals surface area contributed by atoms with Gasteiger partial charge in [0.1, 0.15) is 5.75 Å². The molecule has 0 fully saturated rings. The monoisotopic (exact) mass is 218 g/mol. The van der Waals surface area contributed by atoms with Gasteiger partial charge in [0.25, 0.3) is 5.92 Å². The lowest BCUT2D eigenvalue weighted by atomic mass is 9.91. The third-order valence-corrected chi connectivity index (χ3v) is 2.61. The minimum Gasteiger partial charge on any atom is -0.505 e. The van der Waals surface area contributed by atoms with Gasteiger partial charge >= 0.3 is 0 Å². The number of fused-ring (bicyclic) bond motifs is 1. The van der Waals surface area contributed by atoms with Gasteiger partial charge in [-0.15, -0.1) is 0 Å². The van der Waals surface area contributed by atoms with E-state index in [4.69, 9.17) is 4.74 Å². The zero-order valence-electron chi connectivity index (χ0n) is 7.93. The van der Waals surface area contributed by atoms with Crippen molar-refractivity contribution in [3.8, 4) is 11.5 Å². The highest BCUT2D eigenvalue weighted by Gasteiger charge is 2.45. The molecule has 0 spiro atoms. The van der Waals surface area contributed by atoms with Crippen molar-refractivity contribution in [1.29, 1.82) is 0 Å². The van der Waals surface area contributed by atoms with Crippen molar-refractivity contribution in [3.63, 3.8) is 0 Å². The second-order valence-electron chi connectivity index (χ2n) is 3.58. The topological polar surface area (TPSA) is 29.5 Å². The number of benzene rings is 1. The first kappa shape index (κ1) is 10.1. The molecule has 1 heterocycles. The van der Waals surface area contributed by atoms with E-state index in [1.807, 2.05) is 0 Å². The van der Waals surface area contributed by atoms with Crippen LogP contribution >= 0.6 is 0 Å². The number of alkyl halides is 2. The van der Waals surface area contributed by atoms with E-state index in [2.05, 4.69) is 0 Å². The molecular formula is C10H9F3O2. The average Bonchev–Trinajstić information content (AvgIpc) is 2.17. The molecule has 1 atom stereocenters. The molecule has 5 heteroatoms. The van der Waals surface area contributed by atoms with Crippen molar-refractivity contribution in [2.45, 2.75) is 18.8 Å². The van der Waals surface area contributed by atoms with E-state index < -0.39 is 30.0 Å². The standard InChI is InChI=1S/C10H9F3O2/c1-5-8-7(15-4-10(5,12)13)3-2-6(11)9(8)14/h2-3,5,14H,4H2,1H3. The summed E-state index contributed by atoms with van der Waals surface area (Å²) in [6.45, 7) is 0.493. The molecule has 1 N–H and O–H groups in total. The number of phenolic OH excluding ortho intramolecular Hbond substituents is 1. The Morgan fingerprint density at radius 3 is 2.80 bits per heavy atom. The number of hydrogen-bond acceptors (Lipinski definition) is 2. The molecule has 1 aromatic carbocycles. The van der Waals surface area contributed by atoms with Crippen molar-refractivity contribution >= 4 is 0 Å². The fourth-order valence-electron chi connectivity index (χ4n) is 1.62. The highest BCUT2D eigenvalue weighted by molar-refractivity contribution is 5.49. The normalized spacial score (nSPS) is 23.1. The first-order chi connectivity index (χ1) is 6.93. The largest absolute Gasteiger partial charge is 0.505 e. The summed E-state index contributed by atoms with van der Waals surface area (Å²) >= 11 is 0. The maximum atomic E-state index is 13.2. The summed E-state index contributed by atoms with van der Waals surface area (Å²) in [6.07, 6.45) is 0. The minimum atomic E-state index is -3.09. The van der Waals surface area contributed by atoms with Crippen LogP contribution in [0.15, 0.2) is 12.1 Å². The predicted octanol–water partition coefficient (Wildman–Crippen LogP) is 2.66. The molecule has 82 valence electrons. The highest BCUT2D eigenvalue weighted by Crippen LogP contribution is 2.46. The van der Waals surface area contributed by atoms with E-state index in [0.717, 1.165) is 6.07 Å². The molecule has 1 aliphatic rings. The lowest BCUT2D eigenvalue weighted by Crippen LogP contribution is -2.36. The average molecular weight is 218 g/mol. The van der Waals surface area contributed by atoms with Crippen LogP contribution in [0.1, 0.15) is 18.4 Å². The van der Waals surface area contributed by atoms with E-state index in [-0.39, 0.29) is 11.3 Å². The zero-order valence-corrected chi connectivity index (χ0v) is 7.93. The van der Waals surface area contributed by atoms with E-state index in [9.17, 15) is 18.3 Å². The van der Waals surface area contributed by atoms with Crippen LogP contribution in [0.3, 0.4) is 0 Å². The first-order valence-corrected chi connectivity index (χ1v) is 4.45. The predicted molar refractivity (Wildman–Crippen MR) is 46.9 cm³/mol. The summed E-state index contributed by atoms with van der Waals surface area (Å²) < 4.78 is 44.2. The summed E-state index contributed by atoms with van der Waals surface area (Å²) in [5.74, 6) is -5.89. The molecular weight excluding hydrogens is 209 g/mol. The van der Waals surface area contributed by atoms with Crippen LogP contribution in [0.25, 0.3) is 0 Å². The molecule has 0 amide bonds. The molecule has 1 aliphatic heterocycles. The van der Waals surface area contributed by atoms with Crippen LogP contribution in [0.2, 0.25) is 0 Å². The van der Waals surface area contributed by atoms with Gasteiger partial charge in [0.2, 0.25) is 0 Å². The molecule has 0 bridgehead atoms. The highest BCUT2D eigenvalue weighted by atomic mass is 19.3. The van der Waals surface area contributed by atoms with Crippen LogP contribution in [0, 0.1) is 5.82 Å². The number of aromatic hydroxyl groups is 1. The number of hydrogen-bond donors (Lipinski definition) is 1. The summed E-state index contributed by atoms with van der Waals surface area (Å²) in [5.41, 5.74) is -0.161. The Morgan fingerprint density at radius 1 is 1.47 bits per heavy atom. The van der Waals surface area contributed by atoms with Crippen LogP contribution in [-0.2, 0) is 0 Å². The third kappa shape index (κ3) is 1.42. The van der Waals surface area contributed by atoms with Crippen LogP contribution in [0.5, 0.6) is 11.5 Å². The van der Waals surface area contributed by atoms with Gasteiger partial charge in [0, 0.05) is 5.56 Å². The van der Waals surface area contributed by atoms with Crippen LogP contribution < -0.4 is 4.74 Å². The van der Waals surface area contributed by atoms with Gasteiger partial charge in [-0.3, -0.25) is 0 Å². The van der Waals surface area contributed by atoms with Gasteiger partial charge in [-0.25, -0.2) is 13.2 Å². The molecule has 0 saturated heterocycles. The van der Waals surface area contributed by atoms with Gasteiger partial charge in [0.05, 0.1) is 5.92 Å². The van der Waals surface area contributed by atoms with Crippen molar-refractivity contribution in [1.82, 2.24) is 0 Å². The zero-order chi connectivity index (χ0) is 11.2. The molecule has 15 heavy (non-hydrogen) atoms. The van der Waals surface area contributed by atoms with E-state index in [1.165, 1.54) is 13.0 Å². The summed E-state index contributed by atoms with van der Waals surface area (Å²) in [4.78, 5) is 0. The SMILES string of the molecule is CC1c2c(ccc(F)c2O)OCC1(F)F. The second kappa shape index (κ2) is 3.05. The molecule has 1 aromatic rings. The van der Waals surface area contributed by atoms with Gasteiger partial charge in [-0.2, -0.15) is 0 Å². The Kier molecular flexibility index (Phi) is 2.06. The van der Waals surface area contributed by atoms with Gasteiger partial charge < -0.3 is 9.84 Å². The second-order valence-corrected chi connectivity index (χ2v) is 3.58. The van der Waals surface area contributed by atoms with Gasteiger partial charge in [-0.1, -0.05) is 6.92 Å². The quantitative estimate of drug-likeness (QED) is 0.725. The Labute approximate surface area is 84.3 Å². The fourth-order valence-corrected chi connectivity index (χ4v) is 1.62. The maximum Gasteiger partial charge on any atom is 0.288 e. The smallest absolute Gasteiger partial charge is 0.288 e. The maximum absolute atomic E-state index is 13.2. The number of ether oxygens (including phenoxy) is 1. The Morgan fingerprint density at radius 2 is 2.13 bits per heavy atom. The lowest BCUT2D eigenvalue weighted by Gasteiger charge is -2.31. The minimum absolute atomic E-state index is 0.118. The number of rotatable bonds is 0. The third-order valence-electron chi connectivity index (χ3n) is 2.61. The molecule has 0 aromatic heterocycles. The molecule has 2 nitrogen and oxygen atoms in total.